The van der Waals surface area contributed by atoms with Gasteiger partial charge in [0.25, 0.3) is 5.91 Å². The summed E-state index contributed by atoms with van der Waals surface area (Å²) in [5, 5.41) is 21.1. The molecule has 2 aromatic rings. The number of nitrogens with one attached hydrogen (secondary N) is 1. The van der Waals surface area contributed by atoms with E-state index in [0.29, 0.717) is 11.5 Å². The molecule has 0 aliphatic heterocycles. The van der Waals surface area contributed by atoms with Crippen molar-refractivity contribution in [2.75, 3.05) is 0 Å². The number of amides is 1. The van der Waals surface area contributed by atoms with Crippen LogP contribution in [0.25, 0.3) is 0 Å². The van der Waals surface area contributed by atoms with Gasteiger partial charge in [0, 0.05) is 18.0 Å². The lowest BCUT2D eigenvalue weighted by atomic mass is 9.82. The maximum Gasteiger partial charge on any atom is 0.251 e. The van der Waals surface area contributed by atoms with Crippen molar-refractivity contribution in [1.82, 2.24) is 25.3 Å². The number of nitrogens with zero attached hydrogens (tertiary/aromatic N) is 5. The summed E-state index contributed by atoms with van der Waals surface area (Å²) in [4.78, 5) is 16.7. The third-order valence-corrected chi connectivity index (χ3v) is 5.55. The van der Waals surface area contributed by atoms with Gasteiger partial charge in [0.15, 0.2) is 5.54 Å². The average Bonchev–Trinajstić information content (AvgIpc) is 3.36. The average molecular weight is 350 g/mol. The van der Waals surface area contributed by atoms with Crippen LogP contribution in [-0.2, 0) is 5.54 Å². The van der Waals surface area contributed by atoms with Gasteiger partial charge in [-0.25, -0.2) is 4.68 Å². The van der Waals surface area contributed by atoms with Gasteiger partial charge in [0.05, 0.1) is 18.3 Å². The van der Waals surface area contributed by atoms with E-state index in [-0.39, 0.29) is 11.9 Å². The summed E-state index contributed by atoms with van der Waals surface area (Å²) in [6, 6.07) is 5.57. The smallest absolute Gasteiger partial charge is 0.251 e. The highest BCUT2D eigenvalue weighted by Gasteiger charge is 2.47. The fourth-order valence-electron chi connectivity index (χ4n) is 3.77. The number of rotatable bonds is 5. The number of nitriles is 1. The predicted octanol–water partition coefficient (Wildman–Crippen LogP) is 2.74. The van der Waals surface area contributed by atoms with E-state index in [9.17, 15) is 10.1 Å². The molecule has 1 atom stereocenters. The van der Waals surface area contributed by atoms with E-state index in [1.54, 1.807) is 29.2 Å². The molecule has 0 bridgehead atoms. The monoisotopic (exact) mass is 350 g/mol. The molecule has 2 heterocycles. The van der Waals surface area contributed by atoms with Crippen molar-refractivity contribution in [3.63, 3.8) is 0 Å². The summed E-state index contributed by atoms with van der Waals surface area (Å²) >= 11 is 0. The number of hydrogen-bond donors (Lipinski definition) is 1. The van der Waals surface area contributed by atoms with Gasteiger partial charge in [-0.3, -0.25) is 9.78 Å². The van der Waals surface area contributed by atoms with E-state index in [2.05, 4.69) is 26.7 Å². The number of hydrogen-bond acceptors (Lipinski definition) is 5. The lowest BCUT2D eigenvalue weighted by Crippen LogP contribution is -2.34. The summed E-state index contributed by atoms with van der Waals surface area (Å²) in [5.74, 6) is 0.218. The second-order valence-electron chi connectivity index (χ2n) is 7.32. The Morgan fingerprint density at radius 3 is 2.65 bits per heavy atom. The summed E-state index contributed by atoms with van der Waals surface area (Å²) in [6.45, 7) is 0. The van der Waals surface area contributed by atoms with Gasteiger partial charge < -0.3 is 5.32 Å². The van der Waals surface area contributed by atoms with Gasteiger partial charge in [0.2, 0.25) is 0 Å². The molecular weight excluding hydrogens is 328 g/mol. The van der Waals surface area contributed by atoms with Gasteiger partial charge in [-0.2, -0.15) is 5.26 Å². The van der Waals surface area contributed by atoms with Crippen LogP contribution < -0.4 is 5.32 Å². The fourth-order valence-corrected chi connectivity index (χ4v) is 3.77. The van der Waals surface area contributed by atoms with E-state index in [4.69, 9.17) is 0 Å². The minimum absolute atomic E-state index is 0.126. The van der Waals surface area contributed by atoms with Gasteiger partial charge in [-0.15, -0.1) is 5.10 Å². The molecule has 134 valence electrons. The highest BCUT2D eigenvalue weighted by molar-refractivity contribution is 5.94. The first kappa shape index (κ1) is 16.7. The molecular formula is C19H22N6O. The molecule has 7 heteroatoms. The Hall–Kier alpha value is -2.75. The lowest BCUT2D eigenvalue weighted by Gasteiger charge is -2.29. The number of aromatic nitrogens is 4. The summed E-state index contributed by atoms with van der Waals surface area (Å²) in [7, 11) is 0. The molecule has 2 fully saturated rings. The van der Waals surface area contributed by atoms with E-state index >= 15 is 0 Å². The molecule has 1 N–H and O–H groups in total. The van der Waals surface area contributed by atoms with Crippen LogP contribution in [0.2, 0.25) is 0 Å². The van der Waals surface area contributed by atoms with Crippen molar-refractivity contribution in [3.8, 4) is 6.07 Å². The zero-order valence-corrected chi connectivity index (χ0v) is 14.6. The quantitative estimate of drug-likeness (QED) is 0.894. The SMILES string of the molecule is N#CC1(n2cc(C(NC(=O)c3ccncc3)C3CCCCC3)nn2)CC1. The summed E-state index contributed by atoms with van der Waals surface area (Å²) in [6.07, 6.45) is 12.4. The molecule has 2 aliphatic carbocycles. The molecule has 26 heavy (non-hydrogen) atoms. The van der Waals surface area contributed by atoms with E-state index < -0.39 is 5.54 Å². The van der Waals surface area contributed by atoms with Crippen LogP contribution in [0.5, 0.6) is 0 Å². The van der Waals surface area contributed by atoms with Gasteiger partial charge in [-0.05, 0) is 43.7 Å². The van der Waals surface area contributed by atoms with Crippen molar-refractivity contribution >= 4 is 5.91 Å². The van der Waals surface area contributed by atoms with Crippen LogP contribution in [0.4, 0.5) is 0 Å². The second-order valence-corrected chi connectivity index (χ2v) is 7.32. The maximum absolute atomic E-state index is 12.7. The molecule has 2 saturated carbocycles. The zero-order valence-electron chi connectivity index (χ0n) is 14.6. The van der Waals surface area contributed by atoms with Gasteiger partial charge >= 0.3 is 0 Å². The zero-order chi connectivity index (χ0) is 18.0. The normalized spacial score (nSPS) is 20.1. The topological polar surface area (TPSA) is 96.5 Å². The Morgan fingerprint density at radius 2 is 2.00 bits per heavy atom. The van der Waals surface area contributed by atoms with Crippen molar-refractivity contribution in [2.24, 2.45) is 5.92 Å². The minimum Gasteiger partial charge on any atom is -0.343 e. The number of carbonyl (C=O) groups is 1. The highest BCUT2D eigenvalue weighted by Crippen LogP contribution is 2.42. The van der Waals surface area contributed by atoms with Crippen molar-refractivity contribution in [1.29, 1.82) is 5.26 Å². The standard InChI is InChI=1S/C19H22N6O/c20-13-19(8-9-19)25-12-16(23-24-25)17(14-4-2-1-3-5-14)22-18(26)15-6-10-21-11-7-15/h6-7,10-12,14,17H,1-5,8-9H2,(H,22,26). The van der Waals surface area contributed by atoms with Crippen LogP contribution in [0.1, 0.15) is 67.0 Å². The molecule has 0 saturated heterocycles. The van der Waals surface area contributed by atoms with Crippen LogP contribution in [0.3, 0.4) is 0 Å². The Kier molecular flexibility index (Phi) is 4.41. The highest BCUT2D eigenvalue weighted by atomic mass is 16.1. The second kappa shape index (κ2) is 6.87. The van der Waals surface area contributed by atoms with Crippen molar-refractivity contribution < 1.29 is 4.79 Å². The van der Waals surface area contributed by atoms with Crippen LogP contribution in [0.15, 0.2) is 30.7 Å². The first-order chi connectivity index (χ1) is 12.7. The van der Waals surface area contributed by atoms with Gasteiger partial charge in [0.1, 0.15) is 5.69 Å². The Labute approximate surface area is 152 Å². The molecule has 1 amide bonds. The number of carbonyl (C=O) groups excluding carboxylic acids is 1. The van der Waals surface area contributed by atoms with Crippen LogP contribution >= 0.6 is 0 Å². The Bertz CT molecular complexity index is 814. The maximum atomic E-state index is 12.7. The van der Waals surface area contributed by atoms with E-state index in [0.717, 1.165) is 31.4 Å². The molecule has 2 aliphatic rings. The molecule has 0 radical (unpaired) electrons. The first-order valence-electron chi connectivity index (χ1n) is 9.27. The van der Waals surface area contributed by atoms with Crippen LogP contribution in [-0.4, -0.2) is 25.9 Å². The Morgan fingerprint density at radius 1 is 1.27 bits per heavy atom. The van der Waals surface area contributed by atoms with Crippen molar-refractivity contribution in [3.05, 3.63) is 42.0 Å². The molecule has 4 rings (SSSR count). The Balaban J connectivity index is 1.59. The summed E-state index contributed by atoms with van der Waals surface area (Å²) < 4.78 is 1.68. The molecule has 1 unspecified atom stereocenters. The fraction of sp³-hybridized carbons (Fsp3) is 0.526. The van der Waals surface area contributed by atoms with Crippen molar-refractivity contribution in [2.45, 2.75) is 56.5 Å². The van der Waals surface area contributed by atoms with E-state index in [1.807, 2.05) is 6.20 Å². The largest absolute Gasteiger partial charge is 0.343 e. The molecule has 7 nitrogen and oxygen atoms in total. The molecule has 2 aromatic heterocycles. The third-order valence-electron chi connectivity index (χ3n) is 5.55. The molecule has 0 aromatic carbocycles. The first-order valence-corrected chi connectivity index (χ1v) is 9.27. The third kappa shape index (κ3) is 3.19. The molecule has 0 spiro atoms. The van der Waals surface area contributed by atoms with Gasteiger partial charge in [-0.1, -0.05) is 24.5 Å². The minimum atomic E-state index is -0.530. The van der Waals surface area contributed by atoms with Crippen LogP contribution in [0, 0.1) is 17.2 Å². The predicted molar refractivity (Wildman–Crippen MR) is 93.9 cm³/mol. The number of pyridine rings is 1. The summed E-state index contributed by atoms with van der Waals surface area (Å²) in [5.41, 5.74) is 0.807. The lowest BCUT2D eigenvalue weighted by molar-refractivity contribution is 0.0910. The van der Waals surface area contributed by atoms with E-state index in [1.165, 1.54) is 19.3 Å².